The van der Waals surface area contributed by atoms with Crippen molar-refractivity contribution in [1.82, 2.24) is 10.3 Å². The summed E-state index contributed by atoms with van der Waals surface area (Å²) in [6, 6.07) is 3.41. The molecule has 0 radical (unpaired) electrons. The van der Waals surface area contributed by atoms with Crippen molar-refractivity contribution >= 4 is 27.8 Å². The minimum Gasteiger partial charge on any atom is -0.481 e. The number of carboxylic acid groups (broad SMARTS) is 1. The van der Waals surface area contributed by atoms with Gasteiger partial charge in [0.15, 0.2) is 0 Å². The summed E-state index contributed by atoms with van der Waals surface area (Å²) in [6.45, 7) is 3.45. The number of amides is 1. The van der Waals surface area contributed by atoms with Gasteiger partial charge in [0, 0.05) is 17.2 Å². The lowest BCUT2D eigenvalue weighted by Crippen LogP contribution is -2.40. The number of carbonyl (C=O) groups is 2. The number of nitrogens with one attached hydrogen (secondary N) is 1. The van der Waals surface area contributed by atoms with Gasteiger partial charge < -0.3 is 10.4 Å². The zero-order valence-corrected chi connectivity index (χ0v) is 11.8. The number of pyridine rings is 1. The molecule has 18 heavy (non-hydrogen) atoms. The highest BCUT2D eigenvalue weighted by molar-refractivity contribution is 9.10. The van der Waals surface area contributed by atoms with E-state index in [1.54, 1.807) is 26.0 Å². The van der Waals surface area contributed by atoms with Crippen LogP contribution in [-0.4, -0.2) is 28.5 Å². The lowest BCUT2D eigenvalue weighted by atomic mass is 9.88. The van der Waals surface area contributed by atoms with Crippen molar-refractivity contribution in [2.75, 3.05) is 6.54 Å². The van der Waals surface area contributed by atoms with Crippen LogP contribution in [0, 0.1) is 5.41 Å². The van der Waals surface area contributed by atoms with Gasteiger partial charge in [-0.05, 0) is 41.4 Å². The summed E-state index contributed by atoms with van der Waals surface area (Å²) >= 11 is 3.22. The summed E-state index contributed by atoms with van der Waals surface area (Å²) in [5, 5.41) is 11.7. The van der Waals surface area contributed by atoms with Crippen molar-refractivity contribution in [3.05, 3.63) is 28.5 Å². The Morgan fingerprint density at radius 2 is 2.22 bits per heavy atom. The molecule has 1 aromatic rings. The van der Waals surface area contributed by atoms with Gasteiger partial charge >= 0.3 is 5.97 Å². The molecule has 1 heterocycles. The molecule has 0 aliphatic carbocycles. The minimum atomic E-state index is -0.961. The molecule has 0 saturated heterocycles. The number of nitrogens with zero attached hydrogens (tertiary/aromatic N) is 1. The van der Waals surface area contributed by atoms with Crippen LogP contribution in [0.3, 0.4) is 0 Å². The van der Waals surface area contributed by atoms with E-state index in [1.165, 1.54) is 6.20 Å². The number of carboxylic acids is 1. The molecule has 1 aromatic heterocycles. The van der Waals surface area contributed by atoms with Crippen molar-refractivity contribution in [3.8, 4) is 0 Å². The zero-order valence-electron chi connectivity index (χ0n) is 10.2. The van der Waals surface area contributed by atoms with E-state index in [-0.39, 0.29) is 18.1 Å². The van der Waals surface area contributed by atoms with Gasteiger partial charge in [-0.2, -0.15) is 0 Å². The van der Waals surface area contributed by atoms with Crippen molar-refractivity contribution in [3.63, 3.8) is 0 Å². The van der Waals surface area contributed by atoms with Gasteiger partial charge in [-0.1, -0.05) is 6.92 Å². The first-order chi connectivity index (χ1) is 8.40. The molecule has 2 N–H and O–H groups in total. The first-order valence-corrected chi connectivity index (χ1v) is 6.32. The smallest absolute Gasteiger partial charge is 0.311 e. The second-order valence-electron chi connectivity index (χ2n) is 4.24. The molecule has 0 aromatic carbocycles. The average Bonchev–Trinajstić information content (AvgIpc) is 2.35. The molecule has 1 rings (SSSR count). The van der Waals surface area contributed by atoms with Crippen LogP contribution in [0.5, 0.6) is 0 Å². The van der Waals surface area contributed by atoms with Gasteiger partial charge in [-0.25, -0.2) is 4.98 Å². The molecule has 1 unspecified atom stereocenters. The largest absolute Gasteiger partial charge is 0.481 e. The van der Waals surface area contributed by atoms with Crippen LogP contribution in [0.25, 0.3) is 0 Å². The summed E-state index contributed by atoms with van der Waals surface area (Å²) in [7, 11) is 0. The fourth-order valence-corrected chi connectivity index (χ4v) is 1.70. The van der Waals surface area contributed by atoms with E-state index in [1.807, 2.05) is 0 Å². The van der Waals surface area contributed by atoms with Gasteiger partial charge in [0.25, 0.3) is 5.91 Å². The standard InChI is InChI=1S/C12H15BrN2O3/c1-3-12(2,11(17)18)7-15-10(16)9-8(13)5-4-6-14-9/h4-6H,3,7H2,1-2H3,(H,15,16)(H,17,18). The Hall–Kier alpha value is -1.43. The lowest BCUT2D eigenvalue weighted by Gasteiger charge is -2.23. The van der Waals surface area contributed by atoms with Gasteiger partial charge in [-0.15, -0.1) is 0 Å². The zero-order chi connectivity index (χ0) is 13.8. The van der Waals surface area contributed by atoms with E-state index in [4.69, 9.17) is 5.11 Å². The lowest BCUT2D eigenvalue weighted by molar-refractivity contribution is -0.147. The normalized spacial score (nSPS) is 13.7. The molecule has 0 aliphatic rings. The summed E-state index contributed by atoms with van der Waals surface area (Å²) in [5.74, 6) is -1.31. The summed E-state index contributed by atoms with van der Waals surface area (Å²) in [6.07, 6.45) is 1.95. The highest BCUT2D eigenvalue weighted by Gasteiger charge is 2.31. The van der Waals surface area contributed by atoms with Crippen LogP contribution >= 0.6 is 15.9 Å². The maximum absolute atomic E-state index is 11.9. The summed E-state index contributed by atoms with van der Waals surface area (Å²) in [4.78, 5) is 26.9. The Morgan fingerprint density at radius 3 is 2.72 bits per heavy atom. The maximum Gasteiger partial charge on any atom is 0.311 e. The van der Waals surface area contributed by atoms with Crippen LogP contribution in [-0.2, 0) is 4.79 Å². The number of hydrogen-bond donors (Lipinski definition) is 2. The number of hydrogen-bond acceptors (Lipinski definition) is 3. The first-order valence-electron chi connectivity index (χ1n) is 5.53. The molecule has 5 nitrogen and oxygen atoms in total. The Labute approximate surface area is 114 Å². The number of carbonyl (C=O) groups excluding carboxylic acids is 1. The van der Waals surface area contributed by atoms with Gasteiger partial charge in [-0.3, -0.25) is 9.59 Å². The third kappa shape index (κ3) is 3.29. The van der Waals surface area contributed by atoms with Crippen molar-refractivity contribution in [1.29, 1.82) is 0 Å². The summed E-state index contributed by atoms with van der Waals surface area (Å²) < 4.78 is 0.580. The Balaban J connectivity index is 2.73. The highest BCUT2D eigenvalue weighted by atomic mass is 79.9. The van der Waals surface area contributed by atoms with Crippen LogP contribution < -0.4 is 5.32 Å². The van der Waals surface area contributed by atoms with Crippen molar-refractivity contribution < 1.29 is 14.7 Å². The Bertz CT molecular complexity index is 464. The second-order valence-corrected chi connectivity index (χ2v) is 5.09. The van der Waals surface area contributed by atoms with E-state index < -0.39 is 11.4 Å². The maximum atomic E-state index is 11.9. The van der Waals surface area contributed by atoms with Gasteiger partial charge in [0.05, 0.1) is 5.41 Å². The van der Waals surface area contributed by atoms with E-state index in [0.717, 1.165) is 0 Å². The number of aliphatic carboxylic acids is 1. The fourth-order valence-electron chi connectivity index (χ4n) is 1.26. The van der Waals surface area contributed by atoms with E-state index in [2.05, 4.69) is 26.2 Å². The van der Waals surface area contributed by atoms with Gasteiger partial charge in [0.1, 0.15) is 5.69 Å². The molecule has 98 valence electrons. The molecule has 6 heteroatoms. The SMILES string of the molecule is CCC(C)(CNC(=O)c1ncccc1Br)C(=O)O. The van der Waals surface area contributed by atoms with E-state index in [9.17, 15) is 9.59 Å². The second kappa shape index (κ2) is 5.95. The Morgan fingerprint density at radius 1 is 1.56 bits per heavy atom. The predicted molar refractivity (Wildman–Crippen MR) is 70.3 cm³/mol. The molecule has 0 bridgehead atoms. The predicted octanol–water partition coefficient (Wildman–Crippen LogP) is 2.07. The van der Waals surface area contributed by atoms with Crippen LogP contribution in [0.2, 0.25) is 0 Å². The number of rotatable bonds is 5. The van der Waals surface area contributed by atoms with Crippen LogP contribution in [0.15, 0.2) is 22.8 Å². The van der Waals surface area contributed by atoms with E-state index in [0.29, 0.717) is 10.9 Å². The molecule has 0 saturated carbocycles. The van der Waals surface area contributed by atoms with Crippen molar-refractivity contribution in [2.24, 2.45) is 5.41 Å². The molecule has 1 amide bonds. The molecule has 0 fully saturated rings. The minimum absolute atomic E-state index is 0.0701. The molecule has 0 spiro atoms. The highest BCUT2D eigenvalue weighted by Crippen LogP contribution is 2.20. The monoisotopic (exact) mass is 314 g/mol. The third-order valence-corrected chi connectivity index (χ3v) is 3.55. The molecule has 0 aliphatic heterocycles. The molecular weight excluding hydrogens is 300 g/mol. The van der Waals surface area contributed by atoms with Crippen molar-refractivity contribution in [2.45, 2.75) is 20.3 Å². The van der Waals surface area contributed by atoms with Gasteiger partial charge in [0.2, 0.25) is 0 Å². The number of aromatic nitrogens is 1. The molecular formula is C12H15BrN2O3. The third-order valence-electron chi connectivity index (χ3n) is 2.91. The number of halogens is 1. The quantitative estimate of drug-likeness (QED) is 0.872. The topological polar surface area (TPSA) is 79.3 Å². The average molecular weight is 315 g/mol. The van der Waals surface area contributed by atoms with Crippen LogP contribution in [0.4, 0.5) is 0 Å². The Kier molecular flexibility index (Phi) is 4.84. The molecule has 1 atom stereocenters. The van der Waals surface area contributed by atoms with Crippen LogP contribution in [0.1, 0.15) is 30.8 Å². The summed E-state index contributed by atoms with van der Waals surface area (Å²) in [5.41, 5.74) is -0.710. The fraction of sp³-hybridized carbons (Fsp3) is 0.417. The van der Waals surface area contributed by atoms with E-state index >= 15 is 0 Å². The first kappa shape index (κ1) is 14.6.